The SMILES string of the molecule is Cc1ccc(S(=O)(=O)n2c3c(c4ccccc42)CCN(C)[C@H]3Cc2ccncc2[C@H](C)O)cc1. The molecular formula is C27H29N3O3S. The Morgan fingerprint density at radius 2 is 1.85 bits per heavy atom. The van der Waals surface area contributed by atoms with Crippen molar-refractivity contribution < 1.29 is 13.5 Å². The van der Waals surface area contributed by atoms with Crippen molar-refractivity contribution in [1.29, 1.82) is 0 Å². The van der Waals surface area contributed by atoms with Gasteiger partial charge >= 0.3 is 0 Å². The van der Waals surface area contributed by atoms with Gasteiger partial charge in [0.15, 0.2) is 0 Å². The van der Waals surface area contributed by atoms with Gasteiger partial charge in [0.05, 0.1) is 28.3 Å². The molecule has 1 aliphatic heterocycles. The molecule has 7 heteroatoms. The maximum Gasteiger partial charge on any atom is 0.268 e. The molecule has 3 heterocycles. The zero-order valence-electron chi connectivity index (χ0n) is 19.6. The summed E-state index contributed by atoms with van der Waals surface area (Å²) < 4.78 is 29.7. The topological polar surface area (TPSA) is 75.4 Å². The number of nitrogens with zero attached hydrogens (tertiary/aromatic N) is 3. The van der Waals surface area contributed by atoms with Crippen molar-refractivity contribution in [2.45, 2.75) is 43.7 Å². The molecule has 2 aromatic heterocycles. The van der Waals surface area contributed by atoms with Gasteiger partial charge in [0.2, 0.25) is 0 Å². The summed E-state index contributed by atoms with van der Waals surface area (Å²) in [7, 11) is -1.79. The summed E-state index contributed by atoms with van der Waals surface area (Å²) in [6.45, 7) is 4.50. The van der Waals surface area contributed by atoms with Gasteiger partial charge in [0, 0.05) is 29.9 Å². The molecule has 2 aromatic carbocycles. The summed E-state index contributed by atoms with van der Waals surface area (Å²) in [6.07, 6.45) is 4.12. The Morgan fingerprint density at radius 3 is 2.59 bits per heavy atom. The number of aryl methyl sites for hydroxylation is 1. The molecule has 0 bridgehead atoms. The molecule has 176 valence electrons. The molecule has 0 saturated heterocycles. The minimum absolute atomic E-state index is 0.170. The Kier molecular flexibility index (Phi) is 5.80. The van der Waals surface area contributed by atoms with Gasteiger partial charge in [-0.15, -0.1) is 0 Å². The molecule has 0 spiro atoms. The van der Waals surface area contributed by atoms with E-state index in [1.165, 1.54) is 0 Å². The molecule has 0 fully saturated rings. The number of pyridine rings is 1. The fourth-order valence-corrected chi connectivity index (χ4v) is 6.68. The Labute approximate surface area is 200 Å². The number of rotatable bonds is 5. The first kappa shape index (κ1) is 22.8. The van der Waals surface area contributed by atoms with E-state index < -0.39 is 16.1 Å². The molecule has 34 heavy (non-hydrogen) atoms. The molecule has 1 N–H and O–H groups in total. The summed E-state index contributed by atoms with van der Waals surface area (Å²) >= 11 is 0. The third-order valence-electron chi connectivity index (χ3n) is 6.91. The molecule has 2 atom stereocenters. The minimum Gasteiger partial charge on any atom is -0.389 e. The highest BCUT2D eigenvalue weighted by Gasteiger charge is 2.36. The second kappa shape index (κ2) is 8.65. The van der Waals surface area contributed by atoms with Crippen molar-refractivity contribution >= 4 is 20.9 Å². The van der Waals surface area contributed by atoms with Gasteiger partial charge in [-0.3, -0.25) is 9.88 Å². The van der Waals surface area contributed by atoms with Crippen LogP contribution in [0, 0.1) is 6.92 Å². The molecule has 0 radical (unpaired) electrons. The zero-order valence-corrected chi connectivity index (χ0v) is 20.5. The van der Waals surface area contributed by atoms with E-state index in [-0.39, 0.29) is 10.9 Å². The number of aliphatic hydroxyl groups excluding tert-OH is 1. The van der Waals surface area contributed by atoms with Crippen LogP contribution >= 0.6 is 0 Å². The molecule has 0 saturated carbocycles. The van der Waals surface area contributed by atoms with Gasteiger partial charge < -0.3 is 5.11 Å². The molecule has 0 unspecified atom stereocenters. The third-order valence-corrected chi connectivity index (χ3v) is 8.65. The van der Waals surface area contributed by atoms with E-state index in [9.17, 15) is 13.5 Å². The van der Waals surface area contributed by atoms with E-state index in [0.29, 0.717) is 11.9 Å². The van der Waals surface area contributed by atoms with Crippen LogP contribution in [-0.4, -0.2) is 41.0 Å². The standard InChI is InChI=1S/C27H29N3O3S/c1-18-8-10-21(11-9-18)34(32,33)30-25-7-5-4-6-22(25)23-13-15-29(3)26(27(23)30)16-20-12-14-28-17-24(20)19(2)31/h4-12,14,17,19,26,31H,13,15-16H2,1-3H3/t19-,26-/m0/s1. The largest absolute Gasteiger partial charge is 0.389 e. The Morgan fingerprint density at radius 1 is 1.12 bits per heavy atom. The number of aromatic nitrogens is 2. The summed E-state index contributed by atoms with van der Waals surface area (Å²) in [4.78, 5) is 6.68. The molecular weight excluding hydrogens is 446 g/mol. The van der Waals surface area contributed by atoms with E-state index in [2.05, 4.69) is 9.88 Å². The van der Waals surface area contributed by atoms with Crippen molar-refractivity contribution in [1.82, 2.24) is 13.9 Å². The van der Waals surface area contributed by atoms with Gasteiger partial charge in [0.1, 0.15) is 0 Å². The van der Waals surface area contributed by atoms with E-state index in [0.717, 1.165) is 46.3 Å². The molecule has 4 aromatic rings. The van der Waals surface area contributed by atoms with Crippen LogP contribution in [0.3, 0.4) is 0 Å². The average Bonchev–Trinajstić information content (AvgIpc) is 3.17. The normalized spacial score (nSPS) is 17.6. The summed E-state index contributed by atoms with van der Waals surface area (Å²) in [5.41, 5.74) is 5.36. The van der Waals surface area contributed by atoms with Crippen molar-refractivity contribution in [2.24, 2.45) is 0 Å². The number of likely N-dealkylation sites (N-methyl/N-ethyl adjacent to an activating group) is 1. The molecule has 0 amide bonds. The van der Waals surface area contributed by atoms with Crippen LogP contribution in [0.2, 0.25) is 0 Å². The number of fused-ring (bicyclic) bond motifs is 3. The van der Waals surface area contributed by atoms with Crippen molar-refractivity contribution in [2.75, 3.05) is 13.6 Å². The monoisotopic (exact) mass is 475 g/mol. The van der Waals surface area contributed by atoms with Gasteiger partial charge in [-0.25, -0.2) is 12.4 Å². The van der Waals surface area contributed by atoms with Gasteiger partial charge in [-0.2, -0.15) is 0 Å². The van der Waals surface area contributed by atoms with Crippen LogP contribution in [0.4, 0.5) is 0 Å². The first-order valence-corrected chi connectivity index (χ1v) is 13.0. The Balaban J connectivity index is 1.75. The molecule has 0 aliphatic carbocycles. The van der Waals surface area contributed by atoms with Crippen LogP contribution in [0.15, 0.2) is 71.9 Å². The van der Waals surface area contributed by atoms with Crippen LogP contribution < -0.4 is 0 Å². The predicted molar refractivity (Wildman–Crippen MR) is 133 cm³/mol. The molecule has 1 aliphatic rings. The fraction of sp³-hybridized carbons (Fsp3) is 0.296. The minimum atomic E-state index is -3.83. The number of hydrogen-bond acceptors (Lipinski definition) is 5. The average molecular weight is 476 g/mol. The Hall–Kier alpha value is -3.00. The second-order valence-electron chi connectivity index (χ2n) is 9.16. The predicted octanol–water partition coefficient (Wildman–Crippen LogP) is 4.41. The summed E-state index contributed by atoms with van der Waals surface area (Å²) in [6, 6.07) is 16.6. The molecule has 5 rings (SSSR count). The highest BCUT2D eigenvalue weighted by atomic mass is 32.2. The number of aliphatic hydroxyl groups is 1. The zero-order chi connectivity index (χ0) is 24.0. The van der Waals surface area contributed by atoms with Crippen LogP contribution in [0.25, 0.3) is 10.9 Å². The van der Waals surface area contributed by atoms with E-state index >= 15 is 0 Å². The second-order valence-corrected chi connectivity index (χ2v) is 11.0. The molecule has 6 nitrogen and oxygen atoms in total. The quantitative estimate of drug-likeness (QED) is 0.463. The van der Waals surface area contributed by atoms with E-state index in [4.69, 9.17) is 0 Å². The summed E-state index contributed by atoms with van der Waals surface area (Å²) in [5, 5.41) is 11.3. The van der Waals surface area contributed by atoms with Gasteiger partial charge in [-0.1, -0.05) is 35.9 Å². The first-order chi connectivity index (χ1) is 16.3. The first-order valence-electron chi connectivity index (χ1n) is 11.5. The maximum absolute atomic E-state index is 14.1. The van der Waals surface area contributed by atoms with E-state index in [1.807, 2.05) is 56.4 Å². The van der Waals surface area contributed by atoms with Crippen molar-refractivity contribution in [3.05, 3.63) is 94.9 Å². The van der Waals surface area contributed by atoms with Crippen LogP contribution in [0.5, 0.6) is 0 Å². The van der Waals surface area contributed by atoms with E-state index in [1.54, 1.807) is 35.4 Å². The number of para-hydroxylation sites is 1. The fourth-order valence-electron chi connectivity index (χ4n) is 5.08. The van der Waals surface area contributed by atoms with Crippen LogP contribution in [0.1, 0.15) is 47.0 Å². The Bertz CT molecular complexity index is 1460. The number of benzene rings is 2. The smallest absolute Gasteiger partial charge is 0.268 e. The van der Waals surface area contributed by atoms with Gasteiger partial charge in [0.25, 0.3) is 10.0 Å². The summed E-state index contributed by atoms with van der Waals surface area (Å²) in [5.74, 6) is 0. The lowest BCUT2D eigenvalue weighted by molar-refractivity contribution is 0.194. The number of hydrogen-bond donors (Lipinski definition) is 1. The lowest BCUT2D eigenvalue weighted by Crippen LogP contribution is -2.36. The lowest BCUT2D eigenvalue weighted by Gasteiger charge is -2.35. The van der Waals surface area contributed by atoms with Gasteiger partial charge in [-0.05, 0) is 69.1 Å². The highest BCUT2D eigenvalue weighted by Crippen LogP contribution is 2.40. The van der Waals surface area contributed by atoms with Crippen LogP contribution in [-0.2, 0) is 22.9 Å². The van der Waals surface area contributed by atoms with Crippen molar-refractivity contribution in [3.8, 4) is 0 Å². The lowest BCUT2D eigenvalue weighted by atomic mass is 9.91. The van der Waals surface area contributed by atoms with Crippen molar-refractivity contribution in [3.63, 3.8) is 0 Å². The third kappa shape index (κ3) is 3.74. The maximum atomic E-state index is 14.1. The highest BCUT2D eigenvalue weighted by molar-refractivity contribution is 7.90.